The molecule has 0 bridgehead atoms. The molecule has 1 aliphatic carbocycles. The molecule has 136 valence electrons. The molecule has 0 unspecified atom stereocenters. The van der Waals surface area contributed by atoms with Crippen LogP contribution in [0.15, 0.2) is 30.3 Å². The Kier molecular flexibility index (Phi) is 5.54. The van der Waals surface area contributed by atoms with Gasteiger partial charge in [-0.3, -0.25) is 9.59 Å². The van der Waals surface area contributed by atoms with Crippen molar-refractivity contribution in [2.45, 2.75) is 63.8 Å². The maximum Gasteiger partial charge on any atom is 0.250 e. The highest BCUT2D eigenvalue weighted by molar-refractivity contribution is 5.98. The van der Waals surface area contributed by atoms with Crippen LogP contribution in [-0.2, 0) is 20.9 Å². The Morgan fingerprint density at radius 1 is 1.36 bits per heavy atom. The first kappa shape index (κ1) is 18.1. The van der Waals surface area contributed by atoms with E-state index in [-0.39, 0.29) is 17.7 Å². The number of Topliss-reactive ketones (excluding diaryl/α,β-unsaturated/α-hetero) is 1. The second-order valence-corrected chi connectivity index (χ2v) is 7.62. The lowest BCUT2D eigenvalue weighted by Crippen LogP contribution is -2.59. The van der Waals surface area contributed by atoms with Crippen molar-refractivity contribution in [3.63, 3.8) is 0 Å². The molecule has 2 aliphatic rings. The number of hydrogen-bond donors (Lipinski definition) is 2. The summed E-state index contributed by atoms with van der Waals surface area (Å²) in [5, 5.41) is 6.32. The van der Waals surface area contributed by atoms with Crippen molar-refractivity contribution in [1.82, 2.24) is 10.6 Å². The predicted molar refractivity (Wildman–Crippen MR) is 96.0 cm³/mol. The Morgan fingerprint density at radius 3 is 2.84 bits per heavy atom. The molecule has 25 heavy (non-hydrogen) atoms. The van der Waals surface area contributed by atoms with Crippen LogP contribution >= 0.6 is 0 Å². The zero-order valence-corrected chi connectivity index (χ0v) is 15.1. The van der Waals surface area contributed by atoms with Crippen molar-refractivity contribution in [1.29, 1.82) is 0 Å². The first-order valence-electron chi connectivity index (χ1n) is 9.25. The van der Waals surface area contributed by atoms with Crippen molar-refractivity contribution in [3.8, 4) is 0 Å². The van der Waals surface area contributed by atoms with E-state index in [0.717, 1.165) is 24.8 Å². The Bertz CT molecular complexity index is 617. The fourth-order valence-corrected chi connectivity index (χ4v) is 3.96. The topological polar surface area (TPSA) is 67.4 Å². The number of ketones is 1. The molecule has 5 nitrogen and oxygen atoms in total. The van der Waals surface area contributed by atoms with Gasteiger partial charge in [-0.2, -0.15) is 0 Å². The lowest BCUT2D eigenvalue weighted by atomic mass is 9.91. The number of rotatable bonds is 7. The molecule has 1 aromatic rings. The monoisotopic (exact) mass is 344 g/mol. The average molecular weight is 344 g/mol. The van der Waals surface area contributed by atoms with E-state index in [1.807, 2.05) is 30.3 Å². The van der Waals surface area contributed by atoms with E-state index < -0.39 is 11.6 Å². The summed E-state index contributed by atoms with van der Waals surface area (Å²) >= 11 is 0. The summed E-state index contributed by atoms with van der Waals surface area (Å²) in [6.07, 6.45) is 2.72. The van der Waals surface area contributed by atoms with E-state index in [2.05, 4.69) is 24.5 Å². The van der Waals surface area contributed by atoms with Crippen molar-refractivity contribution >= 4 is 11.7 Å². The lowest BCUT2D eigenvalue weighted by molar-refractivity contribution is -0.139. The largest absolute Gasteiger partial charge is 0.364 e. The third kappa shape index (κ3) is 3.93. The number of amides is 1. The number of fused-ring (bicyclic) bond motifs is 1. The van der Waals surface area contributed by atoms with Gasteiger partial charge < -0.3 is 15.4 Å². The van der Waals surface area contributed by atoms with Crippen LogP contribution in [0, 0.1) is 5.92 Å². The van der Waals surface area contributed by atoms with Gasteiger partial charge in [-0.05, 0) is 37.2 Å². The van der Waals surface area contributed by atoms with Gasteiger partial charge in [0, 0.05) is 6.04 Å². The Labute approximate surface area is 149 Å². The van der Waals surface area contributed by atoms with Crippen LogP contribution in [-0.4, -0.2) is 35.9 Å². The molecule has 2 N–H and O–H groups in total. The Morgan fingerprint density at radius 2 is 2.12 bits per heavy atom. The fraction of sp³-hybridized carbons (Fsp3) is 0.600. The Balaban J connectivity index is 1.67. The summed E-state index contributed by atoms with van der Waals surface area (Å²) in [5.74, 6) is 0.282. The van der Waals surface area contributed by atoms with Gasteiger partial charge in [-0.25, -0.2) is 0 Å². The molecule has 0 spiro atoms. The van der Waals surface area contributed by atoms with Crippen LogP contribution in [0.4, 0.5) is 0 Å². The average Bonchev–Trinajstić information content (AvgIpc) is 3.12. The van der Waals surface area contributed by atoms with Gasteiger partial charge in [0.05, 0.1) is 13.2 Å². The summed E-state index contributed by atoms with van der Waals surface area (Å²) in [7, 11) is 0. The van der Waals surface area contributed by atoms with Crippen LogP contribution in [0.3, 0.4) is 0 Å². The first-order chi connectivity index (χ1) is 12.0. The molecule has 1 aliphatic heterocycles. The quantitative estimate of drug-likeness (QED) is 0.796. The predicted octanol–water partition coefficient (Wildman–Crippen LogP) is 2.20. The third-order valence-corrected chi connectivity index (χ3v) is 5.28. The molecule has 0 aromatic heterocycles. The summed E-state index contributed by atoms with van der Waals surface area (Å²) in [6, 6.07) is 9.92. The molecule has 5 heteroatoms. The normalized spacial score (nSPS) is 26.7. The van der Waals surface area contributed by atoms with Crippen LogP contribution in [0.25, 0.3) is 0 Å². The van der Waals surface area contributed by atoms with Crippen molar-refractivity contribution in [2.75, 3.05) is 6.54 Å². The molecule has 1 heterocycles. The van der Waals surface area contributed by atoms with E-state index in [1.165, 1.54) is 0 Å². The highest BCUT2D eigenvalue weighted by Gasteiger charge is 2.54. The van der Waals surface area contributed by atoms with Crippen LogP contribution < -0.4 is 10.6 Å². The smallest absolute Gasteiger partial charge is 0.250 e. The van der Waals surface area contributed by atoms with Crippen LogP contribution in [0.1, 0.15) is 45.1 Å². The number of carbonyl (C=O) groups excluding carboxylic acids is 2. The number of ether oxygens (including phenoxy) is 1. The number of hydrogen-bond acceptors (Lipinski definition) is 4. The van der Waals surface area contributed by atoms with E-state index in [9.17, 15) is 9.59 Å². The van der Waals surface area contributed by atoms with Gasteiger partial charge in [0.2, 0.25) is 5.91 Å². The summed E-state index contributed by atoms with van der Waals surface area (Å²) in [4.78, 5) is 25.3. The fourth-order valence-electron chi connectivity index (χ4n) is 3.96. The number of benzene rings is 1. The molecular weight excluding hydrogens is 316 g/mol. The van der Waals surface area contributed by atoms with Crippen LogP contribution in [0.2, 0.25) is 0 Å². The second-order valence-electron chi connectivity index (χ2n) is 7.62. The minimum atomic E-state index is -0.720. The van der Waals surface area contributed by atoms with Gasteiger partial charge in [0.1, 0.15) is 11.6 Å². The zero-order chi connectivity index (χ0) is 17.9. The molecule has 1 amide bonds. The first-order valence-corrected chi connectivity index (χ1v) is 9.25. The second kappa shape index (κ2) is 7.67. The molecule has 2 fully saturated rings. The van der Waals surface area contributed by atoms with Crippen molar-refractivity contribution in [2.24, 2.45) is 5.92 Å². The maximum atomic E-state index is 12.9. The van der Waals surface area contributed by atoms with Crippen molar-refractivity contribution in [3.05, 3.63) is 35.9 Å². The number of carbonyl (C=O) groups is 2. The SMILES string of the molecule is CC(C)C[C@H](OCc1ccccc1)C(=O)N[C@]12CCC[C@H]1NCC2=O. The van der Waals surface area contributed by atoms with Gasteiger partial charge in [0.25, 0.3) is 0 Å². The van der Waals surface area contributed by atoms with Crippen molar-refractivity contribution < 1.29 is 14.3 Å². The summed E-state index contributed by atoms with van der Waals surface area (Å²) < 4.78 is 5.95. The maximum absolute atomic E-state index is 12.9. The zero-order valence-electron chi connectivity index (χ0n) is 15.1. The third-order valence-electron chi connectivity index (χ3n) is 5.28. The highest BCUT2D eigenvalue weighted by atomic mass is 16.5. The molecule has 1 saturated heterocycles. The number of nitrogens with one attached hydrogen (secondary N) is 2. The van der Waals surface area contributed by atoms with Crippen LogP contribution in [0.5, 0.6) is 0 Å². The Hall–Kier alpha value is -1.72. The van der Waals surface area contributed by atoms with E-state index >= 15 is 0 Å². The van der Waals surface area contributed by atoms with E-state index in [0.29, 0.717) is 25.5 Å². The molecule has 0 radical (unpaired) electrons. The minimum absolute atomic E-state index is 0.0674. The minimum Gasteiger partial charge on any atom is -0.364 e. The van der Waals surface area contributed by atoms with Gasteiger partial charge in [-0.1, -0.05) is 44.2 Å². The van der Waals surface area contributed by atoms with E-state index in [1.54, 1.807) is 0 Å². The summed E-state index contributed by atoms with van der Waals surface area (Å²) in [5.41, 5.74) is 0.321. The highest BCUT2D eigenvalue weighted by Crippen LogP contribution is 2.34. The molecule has 1 aromatic carbocycles. The summed E-state index contributed by atoms with van der Waals surface area (Å²) in [6.45, 7) is 4.90. The van der Waals surface area contributed by atoms with Gasteiger partial charge in [-0.15, -0.1) is 0 Å². The van der Waals surface area contributed by atoms with E-state index in [4.69, 9.17) is 4.74 Å². The molecule has 3 rings (SSSR count). The van der Waals surface area contributed by atoms with Gasteiger partial charge in [0.15, 0.2) is 5.78 Å². The standard InChI is InChI=1S/C20H28N2O3/c1-14(2)11-16(25-13-15-7-4-3-5-8-15)19(24)22-20-10-6-9-17(20)21-12-18(20)23/h3-5,7-8,14,16-17,21H,6,9-13H2,1-2H3,(H,22,24)/t16-,17+,20+/m0/s1. The molecule has 3 atom stereocenters. The molecular formula is C20H28N2O3. The molecule has 1 saturated carbocycles. The lowest BCUT2D eigenvalue weighted by Gasteiger charge is -2.31. The van der Waals surface area contributed by atoms with Gasteiger partial charge >= 0.3 is 0 Å².